The van der Waals surface area contributed by atoms with Gasteiger partial charge in [0.25, 0.3) is 0 Å². The molecular weight excluding hydrogens is 120 g/mol. The number of carbonyl (C=O) groups is 2. The lowest BCUT2D eigenvalue weighted by molar-refractivity contribution is -0.145. The largest absolute Gasteiger partial charge is 0.469 e. The molecule has 0 heterocycles. The van der Waals surface area contributed by atoms with Crippen LogP contribution >= 0.6 is 0 Å². The molecule has 0 fully saturated rings. The topological polar surface area (TPSA) is 43.4 Å². The molecule has 0 saturated carbocycles. The van der Waals surface area contributed by atoms with Gasteiger partial charge in [0, 0.05) is 6.42 Å². The second-order valence-electron chi connectivity index (χ2n) is 1.83. The first-order chi connectivity index (χ1) is 4.22. The van der Waals surface area contributed by atoms with Crippen molar-refractivity contribution in [3.8, 4) is 0 Å². The van der Waals surface area contributed by atoms with Gasteiger partial charge in [-0.15, -0.1) is 0 Å². The third-order valence-electron chi connectivity index (χ3n) is 1.05. The molecule has 0 rings (SSSR count). The van der Waals surface area contributed by atoms with E-state index >= 15 is 0 Å². The lowest BCUT2D eigenvalue weighted by atomic mass is 10.1. The number of carbonyl (C=O) groups excluding carboxylic acids is 2. The van der Waals surface area contributed by atoms with Crippen LogP contribution in [0.4, 0.5) is 0 Å². The van der Waals surface area contributed by atoms with E-state index in [1.165, 1.54) is 7.11 Å². The quantitative estimate of drug-likeness (QED) is 0.410. The number of hydrogen-bond donors (Lipinski definition) is 0. The van der Waals surface area contributed by atoms with Crippen LogP contribution in [0.1, 0.15) is 13.3 Å². The fraction of sp³-hybridized carbons (Fsp3) is 0.667. The van der Waals surface area contributed by atoms with Crippen molar-refractivity contribution >= 4 is 12.3 Å². The van der Waals surface area contributed by atoms with Crippen LogP contribution in [-0.4, -0.2) is 19.4 Å². The maximum absolute atomic E-state index is 10.5. The molecular formula is C6H10O3. The summed E-state index contributed by atoms with van der Waals surface area (Å²) in [6.45, 7) is 1.65. The number of ether oxygens (including phenoxy) is 1. The standard InChI is InChI=1S/C6H10O3/c1-5(3-4-7)6(8)9-2/h4-5H,3H2,1-2H3/t5-/m0/s1. The van der Waals surface area contributed by atoms with Crippen LogP contribution in [0.5, 0.6) is 0 Å². The van der Waals surface area contributed by atoms with Crippen LogP contribution < -0.4 is 0 Å². The normalized spacial score (nSPS) is 12.2. The monoisotopic (exact) mass is 130 g/mol. The summed E-state index contributed by atoms with van der Waals surface area (Å²) in [5.41, 5.74) is 0. The summed E-state index contributed by atoms with van der Waals surface area (Å²) in [5.74, 6) is -0.630. The van der Waals surface area contributed by atoms with Gasteiger partial charge in [-0.3, -0.25) is 4.79 Å². The van der Waals surface area contributed by atoms with Crippen molar-refractivity contribution in [1.29, 1.82) is 0 Å². The van der Waals surface area contributed by atoms with Gasteiger partial charge in [0.1, 0.15) is 6.29 Å². The smallest absolute Gasteiger partial charge is 0.308 e. The minimum Gasteiger partial charge on any atom is -0.469 e. The second kappa shape index (κ2) is 4.06. The molecule has 0 aliphatic rings. The summed E-state index contributed by atoms with van der Waals surface area (Å²) in [7, 11) is 1.31. The van der Waals surface area contributed by atoms with Gasteiger partial charge in [0.15, 0.2) is 0 Å². The van der Waals surface area contributed by atoms with Gasteiger partial charge >= 0.3 is 5.97 Å². The van der Waals surface area contributed by atoms with Gasteiger partial charge in [-0.1, -0.05) is 6.92 Å². The molecule has 52 valence electrons. The maximum atomic E-state index is 10.5. The van der Waals surface area contributed by atoms with Crippen molar-refractivity contribution < 1.29 is 14.3 Å². The zero-order chi connectivity index (χ0) is 7.28. The molecule has 0 radical (unpaired) electrons. The Hall–Kier alpha value is -0.860. The van der Waals surface area contributed by atoms with E-state index in [2.05, 4.69) is 4.74 Å². The third-order valence-corrected chi connectivity index (χ3v) is 1.05. The summed E-state index contributed by atoms with van der Waals surface area (Å²) in [5, 5.41) is 0. The van der Waals surface area contributed by atoms with E-state index in [0.29, 0.717) is 6.29 Å². The Morgan fingerprint density at radius 2 is 2.33 bits per heavy atom. The van der Waals surface area contributed by atoms with Crippen molar-refractivity contribution in [3.63, 3.8) is 0 Å². The van der Waals surface area contributed by atoms with Gasteiger partial charge in [-0.2, -0.15) is 0 Å². The highest BCUT2D eigenvalue weighted by Gasteiger charge is 2.10. The van der Waals surface area contributed by atoms with E-state index in [9.17, 15) is 9.59 Å². The minimum atomic E-state index is -0.331. The van der Waals surface area contributed by atoms with E-state index in [1.54, 1.807) is 6.92 Å². The lowest BCUT2D eigenvalue weighted by Gasteiger charge is -2.02. The lowest BCUT2D eigenvalue weighted by Crippen LogP contribution is -2.12. The predicted molar refractivity (Wildman–Crippen MR) is 31.9 cm³/mol. The second-order valence-corrected chi connectivity index (χ2v) is 1.83. The Morgan fingerprint density at radius 1 is 1.78 bits per heavy atom. The number of esters is 1. The van der Waals surface area contributed by atoms with Crippen LogP contribution in [0, 0.1) is 5.92 Å². The Balaban J connectivity index is 3.58. The number of rotatable bonds is 3. The van der Waals surface area contributed by atoms with Gasteiger partial charge in [0.05, 0.1) is 13.0 Å². The van der Waals surface area contributed by atoms with Gasteiger partial charge in [-0.25, -0.2) is 0 Å². The van der Waals surface area contributed by atoms with Crippen LogP contribution in [0.2, 0.25) is 0 Å². The van der Waals surface area contributed by atoms with E-state index in [4.69, 9.17) is 0 Å². The van der Waals surface area contributed by atoms with Crippen LogP contribution in [0.3, 0.4) is 0 Å². The number of methoxy groups -OCH3 is 1. The summed E-state index contributed by atoms with van der Waals surface area (Å²) < 4.78 is 4.37. The molecule has 0 saturated heterocycles. The molecule has 9 heavy (non-hydrogen) atoms. The van der Waals surface area contributed by atoms with Crippen molar-refractivity contribution in [2.45, 2.75) is 13.3 Å². The molecule has 3 nitrogen and oxygen atoms in total. The molecule has 0 aliphatic heterocycles. The summed E-state index contributed by atoms with van der Waals surface area (Å²) in [6, 6.07) is 0. The minimum absolute atomic E-state index is 0.243. The van der Waals surface area contributed by atoms with E-state index in [-0.39, 0.29) is 18.3 Å². The molecule has 0 spiro atoms. The molecule has 0 aliphatic carbocycles. The molecule has 1 atom stereocenters. The van der Waals surface area contributed by atoms with Crippen LogP contribution in [0.25, 0.3) is 0 Å². The Morgan fingerprint density at radius 3 is 2.67 bits per heavy atom. The molecule has 0 unspecified atom stereocenters. The molecule has 0 amide bonds. The average molecular weight is 130 g/mol. The van der Waals surface area contributed by atoms with Crippen LogP contribution in [-0.2, 0) is 14.3 Å². The molecule has 0 N–H and O–H groups in total. The van der Waals surface area contributed by atoms with E-state index in [1.807, 2.05) is 0 Å². The van der Waals surface area contributed by atoms with Gasteiger partial charge in [-0.05, 0) is 0 Å². The Kier molecular flexibility index (Phi) is 3.67. The number of hydrogen-bond acceptors (Lipinski definition) is 3. The molecule has 0 bridgehead atoms. The SMILES string of the molecule is COC(=O)[C@@H](C)CC=O. The van der Waals surface area contributed by atoms with Crippen molar-refractivity contribution in [3.05, 3.63) is 0 Å². The molecule has 0 aromatic rings. The number of aldehydes is 1. The Labute approximate surface area is 54.0 Å². The predicted octanol–water partition coefficient (Wildman–Crippen LogP) is 0.384. The fourth-order valence-corrected chi connectivity index (χ4v) is 0.442. The summed E-state index contributed by atoms with van der Waals surface area (Å²) in [4.78, 5) is 20.3. The van der Waals surface area contributed by atoms with E-state index in [0.717, 1.165) is 0 Å². The highest BCUT2D eigenvalue weighted by Crippen LogP contribution is 1.99. The first-order valence-corrected chi connectivity index (χ1v) is 2.73. The summed E-state index contributed by atoms with van der Waals surface area (Å²) in [6.07, 6.45) is 0.953. The zero-order valence-corrected chi connectivity index (χ0v) is 5.59. The zero-order valence-electron chi connectivity index (χ0n) is 5.59. The fourth-order valence-electron chi connectivity index (χ4n) is 0.442. The summed E-state index contributed by atoms with van der Waals surface area (Å²) >= 11 is 0. The van der Waals surface area contributed by atoms with Gasteiger partial charge < -0.3 is 9.53 Å². The van der Waals surface area contributed by atoms with Gasteiger partial charge in [0.2, 0.25) is 0 Å². The molecule has 0 aromatic heterocycles. The third kappa shape index (κ3) is 2.85. The molecule has 3 heteroatoms. The Bertz CT molecular complexity index is 109. The highest BCUT2D eigenvalue weighted by atomic mass is 16.5. The van der Waals surface area contributed by atoms with Crippen molar-refractivity contribution in [2.75, 3.05) is 7.11 Å². The first-order valence-electron chi connectivity index (χ1n) is 2.73. The maximum Gasteiger partial charge on any atom is 0.308 e. The highest BCUT2D eigenvalue weighted by molar-refractivity contribution is 5.74. The average Bonchev–Trinajstić information content (AvgIpc) is 1.87. The molecule has 0 aromatic carbocycles. The van der Waals surface area contributed by atoms with Crippen LogP contribution in [0.15, 0.2) is 0 Å². The van der Waals surface area contributed by atoms with E-state index < -0.39 is 0 Å². The van der Waals surface area contributed by atoms with Crippen molar-refractivity contribution in [2.24, 2.45) is 5.92 Å². The first kappa shape index (κ1) is 8.14. The van der Waals surface area contributed by atoms with Crippen molar-refractivity contribution in [1.82, 2.24) is 0 Å².